The van der Waals surface area contributed by atoms with Crippen molar-refractivity contribution >= 4 is 17.9 Å². The average molecular weight is 1110 g/mol. The molecule has 0 amide bonds. The van der Waals surface area contributed by atoms with E-state index in [2.05, 4.69) is 32.9 Å². The van der Waals surface area contributed by atoms with Gasteiger partial charge in [-0.2, -0.15) is 0 Å². The van der Waals surface area contributed by atoms with Gasteiger partial charge >= 0.3 is 17.9 Å². The molecule has 6 nitrogen and oxygen atoms in total. The predicted molar refractivity (Wildman–Crippen MR) is 344 cm³/mol. The molecule has 0 heterocycles. The van der Waals surface area contributed by atoms with Crippen molar-refractivity contribution < 1.29 is 28.6 Å². The minimum absolute atomic E-state index is 0.0640. The van der Waals surface area contributed by atoms with Gasteiger partial charge in [0.25, 0.3) is 0 Å². The molecule has 0 aliphatic heterocycles. The fourth-order valence-corrected chi connectivity index (χ4v) is 11.3. The van der Waals surface area contributed by atoms with Crippen molar-refractivity contribution in [3.05, 3.63) is 12.2 Å². The quantitative estimate of drug-likeness (QED) is 0.0261. The van der Waals surface area contributed by atoms with Crippen LogP contribution in [0.2, 0.25) is 0 Å². The lowest BCUT2D eigenvalue weighted by molar-refractivity contribution is -0.167. The van der Waals surface area contributed by atoms with Crippen LogP contribution >= 0.6 is 0 Å². The maximum atomic E-state index is 12.9. The van der Waals surface area contributed by atoms with Crippen molar-refractivity contribution in [1.29, 1.82) is 0 Å². The van der Waals surface area contributed by atoms with Crippen LogP contribution in [0.3, 0.4) is 0 Å². The van der Waals surface area contributed by atoms with Crippen LogP contribution in [0.25, 0.3) is 0 Å². The highest BCUT2D eigenvalue weighted by molar-refractivity contribution is 5.71. The molecule has 1 atom stereocenters. The summed E-state index contributed by atoms with van der Waals surface area (Å²) in [4.78, 5) is 38.4. The maximum Gasteiger partial charge on any atom is 0.306 e. The molecular weight excluding hydrogens is 973 g/mol. The molecule has 0 N–H and O–H groups in total. The first-order valence-corrected chi connectivity index (χ1v) is 36.2. The second-order valence-corrected chi connectivity index (χ2v) is 24.9. The molecule has 6 heteroatoms. The van der Waals surface area contributed by atoms with E-state index < -0.39 is 6.10 Å². The fraction of sp³-hybridized carbons (Fsp3) is 0.932. The topological polar surface area (TPSA) is 78.9 Å². The minimum atomic E-state index is -0.767. The van der Waals surface area contributed by atoms with Crippen LogP contribution in [0.4, 0.5) is 0 Å². The van der Waals surface area contributed by atoms with Crippen LogP contribution in [-0.2, 0) is 28.6 Å². The number of unbranched alkanes of at least 4 members (excludes halogenated alkanes) is 55. The van der Waals surface area contributed by atoms with Crippen molar-refractivity contribution in [2.45, 2.75) is 425 Å². The number of carbonyl (C=O) groups is 3. The SMILES string of the molecule is CCCCCCCCCC/C=C\CCCCCCCCCCCC(=O)OC(COC(=O)CCCCCCCCCCCCC)COC(=O)CCCCCCCCCCCCCCCCCCCCCCCCCCCCCCC. The van der Waals surface area contributed by atoms with E-state index in [-0.39, 0.29) is 31.1 Å². The van der Waals surface area contributed by atoms with E-state index in [1.807, 2.05) is 0 Å². The van der Waals surface area contributed by atoms with Gasteiger partial charge in [-0.3, -0.25) is 14.4 Å². The van der Waals surface area contributed by atoms with Gasteiger partial charge in [0.2, 0.25) is 0 Å². The smallest absolute Gasteiger partial charge is 0.306 e. The van der Waals surface area contributed by atoms with E-state index in [1.54, 1.807) is 0 Å². The van der Waals surface area contributed by atoms with Crippen LogP contribution in [0.1, 0.15) is 419 Å². The van der Waals surface area contributed by atoms with E-state index in [0.717, 1.165) is 57.8 Å². The van der Waals surface area contributed by atoms with Crippen molar-refractivity contribution in [2.75, 3.05) is 13.2 Å². The predicted octanol–water partition coefficient (Wildman–Crippen LogP) is 24.8. The Kier molecular flexibility index (Phi) is 67.0. The average Bonchev–Trinajstić information content (AvgIpc) is 3.45. The first kappa shape index (κ1) is 77.2. The Bertz CT molecular complexity index is 1230. The van der Waals surface area contributed by atoms with Crippen molar-refractivity contribution in [2.24, 2.45) is 0 Å². The van der Waals surface area contributed by atoms with Crippen molar-refractivity contribution in [1.82, 2.24) is 0 Å². The summed E-state index contributed by atoms with van der Waals surface area (Å²) in [6, 6.07) is 0. The lowest BCUT2D eigenvalue weighted by atomic mass is 10.0. The van der Waals surface area contributed by atoms with E-state index in [4.69, 9.17) is 14.2 Å². The molecule has 79 heavy (non-hydrogen) atoms. The molecule has 468 valence electrons. The van der Waals surface area contributed by atoms with Gasteiger partial charge in [0.05, 0.1) is 0 Å². The Labute approximate surface area is 494 Å². The van der Waals surface area contributed by atoms with E-state index in [1.165, 1.54) is 321 Å². The number of allylic oxidation sites excluding steroid dienone is 2. The van der Waals surface area contributed by atoms with E-state index >= 15 is 0 Å². The highest BCUT2D eigenvalue weighted by atomic mass is 16.6. The monoisotopic (exact) mass is 1110 g/mol. The van der Waals surface area contributed by atoms with Crippen molar-refractivity contribution in [3.8, 4) is 0 Å². The second-order valence-electron chi connectivity index (χ2n) is 24.9. The molecule has 0 aromatic heterocycles. The van der Waals surface area contributed by atoms with Gasteiger partial charge in [0.1, 0.15) is 13.2 Å². The Morgan fingerprint density at radius 3 is 0.633 bits per heavy atom. The van der Waals surface area contributed by atoms with E-state index in [9.17, 15) is 14.4 Å². The zero-order valence-corrected chi connectivity index (χ0v) is 53.9. The summed E-state index contributed by atoms with van der Waals surface area (Å²) in [5.41, 5.74) is 0. The lowest BCUT2D eigenvalue weighted by Gasteiger charge is -2.18. The van der Waals surface area contributed by atoms with E-state index in [0.29, 0.717) is 19.3 Å². The van der Waals surface area contributed by atoms with Gasteiger partial charge < -0.3 is 14.2 Å². The van der Waals surface area contributed by atoms with Gasteiger partial charge in [-0.15, -0.1) is 0 Å². The molecule has 0 saturated heterocycles. The van der Waals surface area contributed by atoms with Gasteiger partial charge in [-0.25, -0.2) is 0 Å². The summed E-state index contributed by atoms with van der Waals surface area (Å²) in [7, 11) is 0. The van der Waals surface area contributed by atoms with Gasteiger partial charge in [0, 0.05) is 19.3 Å². The van der Waals surface area contributed by atoms with Crippen LogP contribution in [0.5, 0.6) is 0 Å². The Balaban J connectivity index is 4.11. The highest BCUT2D eigenvalue weighted by Crippen LogP contribution is 2.19. The number of carbonyl (C=O) groups excluding carboxylic acids is 3. The summed E-state index contributed by atoms with van der Waals surface area (Å²) in [5.74, 6) is -0.833. The first-order valence-electron chi connectivity index (χ1n) is 36.2. The van der Waals surface area contributed by atoms with Crippen molar-refractivity contribution in [3.63, 3.8) is 0 Å². The van der Waals surface area contributed by atoms with Crippen LogP contribution < -0.4 is 0 Å². The number of rotatable bonds is 68. The van der Waals surface area contributed by atoms with Crippen LogP contribution in [0.15, 0.2) is 12.2 Å². The summed E-state index contributed by atoms with van der Waals surface area (Å²) in [5, 5.41) is 0. The third kappa shape index (κ3) is 66.8. The molecule has 0 radical (unpaired) electrons. The molecule has 1 unspecified atom stereocenters. The molecule has 0 fully saturated rings. The largest absolute Gasteiger partial charge is 0.462 e. The molecule has 0 aliphatic carbocycles. The fourth-order valence-electron chi connectivity index (χ4n) is 11.3. The Morgan fingerprint density at radius 2 is 0.418 bits per heavy atom. The summed E-state index contributed by atoms with van der Waals surface area (Å²) >= 11 is 0. The zero-order chi connectivity index (χ0) is 57.1. The summed E-state index contributed by atoms with van der Waals surface area (Å²) < 4.78 is 17.0. The Hall–Kier alpha value is -1.85. The number of esters is 3. The second kappa shape index (κ2) is 68.6. The van der Waals surface area contributed by atoms with Gasteiger partial charge in [-0.1, -0.05) is 367 Å². The van der Waals surface area contributed by atoms with Crippen LogP contribution in [0, 0.1) is 0 Å². The third-order valence-electron chi connectivity index (χ3n) is 16.8. The number of hydrogen-bond acceptors (Lipinski definition) is 6. The number of ether oxygens (including phenoxy) is 3. The van der Waals surface area contributed by atoms with Gasteiger partial charge in [0.15, 0.2) is 6.10 Å². The molecule has 0 saturated carbocycles. The minimum Gasteiger partial charge on any atom is -0.462 e. The normalized spacial score (nSPS) is 12.0. The van der Waals surface area contributed by atoms with Crippen LogP contribution in [-0.4, -0.2) is 37.2 Å². The first-order chi connectivity index (χ1) is 39.0. The Morgan fingerprint density at radius 1 is 0.241 bits per heavy atom. The molecule has 0 bridgehead atoms. The zero-order valence-electron chi connectivity index (χ0n) is 53.9. The lowest BCUT2D eigenvalue weighted by Crippen LogP contribution is -2.30. The third-order valence-corrected chi connectivity index (χ3v) is 16.8. The summed E-state index contributed by atoms with van der Waals surface area (Å²) in [6.07, 6.45) is 82.6. The highest BCUT2D eigenvalue weighted by Gasteiger charge is 2.19. The molecule has 0 aromatic rings. The molecule has 0 spiro atoms. The molecule has 0 aromatic carbocycles. The molecule has 0 aliphatic rings. The molecule has 0 rings (SSSR count). The van der Waals surface area contributed by atoms with Gasteiger partial charge in [-0.05, 0) is 44.9 Å². The molecular formula is C73H140O6. The number of hydrogen-bond donors (Lipinski definition) is 0. The summed E-state index contributed by atoms with van der Waals surface area (Å²) in [6.45, 7) is 6.72. The maximum absolute atomic E-state index is 12.9. The standard InChI is InChI=1S/C73H140O6/c1-4-7-10-13-16-19-22-24-26-28-30-32-33-34-35-36-37-38-39-41-42-44-46-48-51-54-57-60-63-66-72(75)78-69-70(68-77-71(74)65-62-59-56-53-50-21-18-15-12-9-6-3)79-73(76)67-64-61-58-55-52-49-47-45-43-40-31-29-27-25-23-20-17-14-11-8-5-2/h29,31,70H,4-28,30,32-69H2,1-3H3/b31-29-.